The van der Waals surface area contributed by atoms with Crippen LogP contribution in [0.5, 0.6) is 0 Å². The van der Waals surface area contributed by atoms with Gasteiger partial charge in [-0.2, -0.15) is 0 Å². The fourth-order valence-corrected chi connectivity index (χ4v) is 5.09. The van der Waals surface area contributed by atoms with Crippen molar-refractivity contribution < 1.29 is 4.74 Å². The van der Waals surface area contributed by atoms with E-state index >= 15 is 0 Å². The van der Waals surface area contributed by atoms with Gasteiger partial charge < -0.3 is 25.6 Å². The normalized spacial score (nSPS) is 20.1. The van der Waals surface area contributed by atoms with Gasteiger partial charge in [-0.05, 0) is 55.8 Å². The average molecular weight is 460 g/mol. The summed E-state index contributed by atoms with van der Waals surface area (Å²) in [4.78, 5) is 7.40. The second-order valence-electron chi connectivity index (χ2n) is 8.32. The molecule has 164 valence electrons. The number of benzene rings is 2. The molecule has 0 amide bonds. The first-order valence-corrected chi connectivity index (χ1v) is 11.6. The highest BCUT2D eigenvalue weighted by atomic mass is 35.5. The zero-order valence-electron chi connectivity index (χ0n) is 17.4. The van der Waals surface area contributed by atoms with Crippen LogP contribution in [0.3, 0.4) is 0 Å². The highest BCUT2D eigenvalue weighted by molar-refractivity contribution is 6.34. The number of morpholine rings is 1. The van der Waals surface area contributed by atoms with Gasteiger partial charge in [0, 0.05) is 24.7 Å². The second-order valence-corrected chi connectivity index (χ2v) is 9.16. The molecule has 2 fully saturated rings. The summed E-state index contributed by atoms with van der Waals surface area (Å²) in [6, 6.07) is 12.1. The maximum Gasteiger partial charge on any atom is 0.128 e. The third kappa shape index (κ3) is 4.35. The Morgan fingerprint density at radius 1 is 1.10 bits per heavy atom. The van der Waals surface area contributed by atoms with Crippen LogP contribution in [-0.2, 0) is 11.3 Å². The molecular formula is C23H27Cl2N5O. The predicted molar refractivity (Wildman–Crippen MR) is 128 cm³/mol. The minimum atomic E-state index is -0.222. The van der Waals surface area contributed by atoms with Crippen LogP contribution in [0.2, 0.25) is 10.0 Å². The van der Waals surface area contributed by atoms with Crippen molar-refractivity contribution in [2.45, 2.75) is 24.9 Å². The number of fused-ring (bicyclic) bond motifs is 1. The lowest BCUT2D eigenvalue weighted by Crippen LogP contribution is -2.58. The number of aliphatic imine (C=N–C) groups is 1. The zero-order chi connectivity index (χ0) is 21.3. The molecule has 0 aromatic heterocycles. The fraction of sp³-hybridized carbons (Fsp3) is 0.435. The zero-order valence-corrected chi connectivity index (χ0v) is 18.9. The van der Waals surface area contributed by atoms with Crippen LogP contribution in [0, 0.1) is 0 Å². The summed E-state index contributed by atoms with van der Waals surface area (Å²) in [5, 5.41) is 12.4. The lowest BCUT2D eigenvalue weighted by Gasteiger charge is -2.43. The lowest BCUT2D eigenvalue weighted by atomic mass is 9.85. The van der Waals surface area contributed by atoms with Crippen LogP contribution in [0.1, 0.15) is 18.4 Å². The Labute approximate surface area is 193 Å². The quantitative estimate of drug-likeness (QED) is 0.641. The first-order valence-electron chi connectivity index (χ1n) is 10.9. The van der Waals surface area contributed by atoms with Gasteiger partial charge in [-0.3, -0.25) is 0 Å². The van der Waals surface area contributed by atoms with Crippen molar-refractivity contribution in [3.63, 3.8) is 0 Å². The molecule has 31 heavy (non-hydrogen) atoms. The molecule has 0 radical (unpaired) electrons. The maximum atomic E-state index is 6.70. The van der Waals surface area contributed by atoms with Gasteiger partial charge in [0.15, 0.2) is 0 Å². The number of anilines is 2. The van der Waals surface area contributed by atoms with E-state index in [9.17, 15) is 0 Å². The van der Waals surface area contributed by atoms with E-state index < -0.39 is 0 Å². The minimum Gasteiger partial charge on any atom is -0.378 e. The summed E-state index contributed by atoms with van der Waals surface area (Å²) in [5.74, 6) is 0.983. The predicted octanol–water partition coefficient (Wildman–Crippen LogP) is 4.20. The largest absolute Gasteiger partial charge is 0.378 e. The molecule has 0 bridgehead atoms. The summed E-state index contributed by atoms with van der Waals surface area (Å²) in [7, 11) is 0. The van der Waals surface area contributed by atoms with Crippen molar-refractivity contribution in [2.75, 3.05) is 49.6 Å². The smallest absolute Gasteiger partial charge is 0.128 e. The SMILES string of the molecule is Clc1cccc(CNC2=Nc3cc(N4CCOCC4)c(Cl)cc3NC23CCNCC3)c1. The molecule has 2 aromatic carbocycles. The molecule has 2 aromatic rings. The summed E-state index contributed by atoms with van der Waals surface area (Å²) < 4.78 is 5.50. The number of halogens is 2. The molecular weight excluding hydrogens is 433 g/mol. The third-order valence-electron chi connectivity index (χ3n) is 6.28. The Bertz CT molecular complexity index is 984. The Morgan fingerprint density at radius 3 is 2.68 bits per heavy atom. The Balaban J connectivity index is 1.47. The van der Waals surface area contributed by atoms with E-state index in [-0.39, 0.29) is 5.54 Å². The molecule has 0 atom stereocenters. The molecule has 5 rings (SSSR count). The first kappa shape index (κ1) is 20.9. The van der Waals surface area contributed by atoms with Crippen LogP contribution in [0.4, 0.5) is 17.1 Å². The molecule has 0 saturated carbocycles. The molecule has 0 unspecified atom stereocenters. The molecule has 2 saturated heterocycles. The maximum absolute atomic E-state index is 6.70. The molecule has 3 aliphatic heterocycles. The van der Waals surface area contributed by atoms with Crippen LogP contribution in [0.25, 0.3) is 0 Å². The number of piperidine rings is 1. The van der Waals surface area contributed by atoms with Crippen LogP contribution >= 0.6 is 23.2 Å². The van der Waals surface area contributed by atoms with E-state index in [0.717, 1.165) is 90.7 Å². The van der Waals surface area contributed by atoms with E-state index in [4.69, 9.17) is 32.9 Å². The third-order valence-corrected chi connectivity index (χ3v) is 6.82. The van der Waals surface area contributed by atoms with Gasteiger partial charge in [0.2, 0.25) is 0 Å². The second kappa shape index (κ2) is 8.87. The average Bonchev–Trinajstić information content (AvgIpc) is 2.79. The van der Waals surface area contributed by atoms with E-state index in [1.54, 1.807) is 0 Å². The van der Waals surface area contributed by atoms with E-state index in [0.29, 0.717) is 6.54 Å². The van der Waals surface area contributed by atoms with Gasteiger partial charge in [-0.25, -0.2) is 4.99 Å². The highest BCUT2D eigenvalue weighted by Crippen LogP contribution is 2.42. The van der Waals surface area contributed by atoms with Gasteiger partial charge in [0.05, 0.1) is 40.8 Å². The monoisotopic (exact) mass is 459 g/mol. The van der Waals surface area contributed by atoms with Crippen molar-refractivity contribution in [2.24, 2.45) is 4.99 Å². The molecule has 6 nitrogen and oxygen atoms in total. The summed E-state index contributed by atoms with van der Waals surface area (Å²) in [6.45, 7) is 5.68. The van der Waals surface area contributed by atoms with Gasteiger partial charge in [0.1, 0.15) is 5.84 Å². The van der Waals surface area contributed by atoms with Gasteiger partial charge >= 0.3 is 0 Å². The van der Waals surface area contributed by atoms with Gasteiger partial charge in [-0.1, -0.05) is 35.3 Å². The van der Waals surface area contributed by atoms with Crippen molar-refractivity contribution in [3.8, 4) is 0 Å². The Hall–Kier alpha value is -1.99. The van der Waals surface area contributed by atoms with Crippen molar-refractivity contribution >= 4 is 46.1 Å². The van der Waals surface area contributed by atoms with Crippen LogP contribution in [-0.4, -0.2) is 50.8 Å². The number of ether oxygens (including phenoxy) is 1. The summed E-state index contributed by atoms with van der Waals surface area (Å²) in [6.07, 6.45) is 1.91. The van der Waals surface area contributed by atoms with Gasteiger partial charge in [0.25, 0.3) is 0 Å². The molecule has 8 heteroatoms. The molecule has 3 aliphatic rings. The van der Waals surface area contributed by atoms with E-state index in [1.807, 2.05) is 24.3 Å². The molecule has 3 heterocycles. The number of hydrogen-bond donors (Lipinski definition) is 3. The van der Waals surface area contributed by atoms with E-state index in [2.05, 4.69) is 33.0 Å². The topological polar surface area (TPSA) is 60.9 Å². The van der Waals surface area contributed by atoms with Crippen LogP contribution in [0.15, 0.2) is 41.4 Å². The number of nitrogens with one attached hydrogen (secondary N) is 3. The van der Waals surface area contributed by atoms with E-state index in [1.165, 1.54) is 0 Å². The number of amidine groups is 1. The minimum absolute atomic E-state index is 0.222. The van der Waals surface area contributed by atoms with Crippen molar-refractivity contribution in [1.82, 2.24) is 10.6 Å². The molecule has 1 spiro atoms. The fourth-order valence-electron chi connectivity index (χ4n) is 4.59. The summed E-state index contributed by atoms with van der Waals surface area (Å²) in [5.41, 5.74) is 3.85. The van der Waals surface area contributed by atoms with Crippen molar-refractivity contribution in [3.05, 3.63) is 52.0 Å². The van der Waals surface area contributed by atoms with Crippen LogP contribution < -0.4 is 20.9 Å². The lowest BCUT2D eigenvalue weighted by molar-refractivity contribution is 0.122. The molecule has 0 aliphatic carbocycles. The number of rotatable bonds is 3. The van der Waals surface area contributed by atoms with Crippen molar-refractivity contribution in [1.29, 1.82) is 0 Å². The highest BCUT2D eigenvalue weighted by Gasteiger charge is 2.40. The van der Waals surface area contributed by atoms with Gasteiger partial charge in [-0.15, -0.1) is 0 Å². The molecule has 3 N–H and O–H groups in total. The summed E-state index contributed by atoms with van der Waals surface area (Å²) >= 11 is 12.9. The number of hydrogen-bond acceptors (Lipinski definition) is 6. The standard InChI is InChI=1S/C23H27Cl2N5O/c24-17-3-1-2-16(12-17)15-27-22-23(4-6-26-7-5-23)29-20-13-18(25)21(14-19(20)28-22)30-8-10-31-11-9-30/h1-3,12-14,26,29H,4-11,15H2,(H,27,28). The Morgan fingerprint density at radius 2 is 1.90 bits per heavy atom. The Kier molecular flexibility index (Phi) is 5.97. The number of nitrogens with zero attached hydrogens (tertiary/aromatic N) is 2. The first-order chi connectivity index (χ1) is 15.1.